The van der Waals surface area contributed by atoms with Crippen molar-refractivity contribution in [3.63, 3.8) is 0 Å². The molecule has 2 saturated carbocycles. The molecule has 1 N–H and O–H groups in total. The van der Waals surface area contributed by atoms with Gasteiger partial charge in [0.1, 0.15) is 11.3 Å². The summed E-state index contributed by atoms with van der Waals surface area (Å²) in [5.41, 5.74) is -0.755. The number of esters is 1. The van der Waals surface area contributed by atoms with Gasteiger partial charge in [-0.05, 0) is 94.0 Å². The molecule has 0 radical (unpaired) electrons. The van der Waals surface area contributed by atoms with Crippen LogP contribution in [0.1, 0.15) is 86.0 Å². The first kappa shape index (κ1) is 23.5. The Labute approximate surface area is 191 Å². The molecule has 33 heavy (non-hydrogen) atoms. The number of aryl methyl sites for hydroxylation is 1. The molecule has 0 unspecified atom stereocenters. The van der Waals surface area contributed by atoms with Crippen LogP contribution in [0.4, 0.5) is 13.2 Å². The molecule has 0 spiro atoms. The van der Waals surface area contributed by atoms with Gasteiger partial charge in [-0.1, -0.05) is 0 Å². The summed E-state index contributed by atoms with van der Waals surface area (Å²) in [4.78, 5) is 29.1. The molecule has 0 saturated heterocycles. The van der Waals surface area contributed by atoms with E-state index < -0.39 is 23.2 Å². The molecular weight excluding hydrogens is 433 g/mol. The summed E-state index contributed by atoms with van der Waals surface area (Å²) in [7, 11) is 0. The van der Waals surface area contributed by atoms with E-state index in [4.69, 9.17) is 4.74 Å². The summed E-state index contributed by atoms with van der Waals surface area (Å²) >= 11 is 0. The Morgan fingerprint density at radius 3 is 2.36 bits per heavy atom. The van der Waals surface area contributed by atoms with Crippen molar-refractivity contribution >= 4 is 22.8 Å². The number of ether oxygens (including phenoxy) is 1. The van der Waals surface area contributed by atoms with Crippen molar-refractivity contribution in [1.82, 2.24) is 10.3 Å². The summed E-state index contributed by atoms with van der Waals surface area (Å²) in [6.45, 7) is 7.33. The lowest BCUT2D eigenvalue weighted by atomic mass is 9.98. The van der Waals surface area contributed by atoms with Crippen LogP contribution in [0.3, 0.4) is 0 Å². The predicted octanol–water partition coefficient (Wildman–Crippen LogP) is 5.68. The van der Waals surface area contributed by atoms with E-state index in [1.165, 1.54) is 12.1 Å². The fourth-order valence-corrected chi connectivity index (χ4v) is 4.13. The Hall–Kier alpha value is -2.64. The minimum atomic E-state index is -4.57. The van der Waals surface area contributed by atoms with Gasteiger partial charge in [0, 0.05) is 11.9 Å². The minimum absolute atomic E-state index is 0.0576. The van der Waals surface area contributed by atoms with E-state index in [-0.39, 0.29) is 41.5 Å². The third-order valence-corrected chi connectivity index (χ3v) is 6.25. The number of nitrogens with zero attached hydrogens (tertiary/aromatic N) is 1. The minimum Gasteiger partial charge on any atom is -0.460 e. The van der Waals surface area contributed by atoms with Crippen molar-refractivity contribution < 1.29 is 27.5 Å². The Morgan fingerprint density at radius 2 is 1.82 bits per heavy atom. The van der Waals surface area contributed by atoms with Crippen LogP contribution in [0.25, 0.3) is 10.9 Å². The highest BCUT2D eigenvalue weighted by molar-refractivity contribution is 5.97. The molecular formula is C25H29F3N2O3. The molecule has 5 nitrogen and oxygen atoms in total. The quantitative estimate of drug-likeness (QED) is 0.561. The lowest BCUT2D eigenvalue weighted by Crippen LogP contribution is -2.33. The lowest BCUT2D eigenvalue weighted by molar-refractivity contribution is -0.156. The van der Waals surface area contributed by atoms with E-state index in [1.54, 1.807) is 33.8 Å². The topological polar surface area (TPSA) is 68.3 Å². The second-order valence-electron chi connectivity index (χ2n) is 10.5. The first-order valence-corrected chi connectivity index (χ1v) is 11.3. The third kappa shape index (κ3) is 5.47. The van der Waals surface area contributed by atoms with Gasteiger partial charge in [0.15, 0.2) is 0 Å². The molecule has 178 valence electrons. The first-order valence-electron chi connectivity index (χ1n) is 11.3. The van der Waals surface area contributed by atoms with Crippen LogP contribution in [0.15, 0.2) is 18.2 Å². The largest absolute Gasteiger partial charge is 0.460 e. The standard InChI is InChI=1S/C25H29F3N2O3/c1-14-9-19(22(32)29-13-24(7-8-24)12-20(31)33-23(2,3)4)30-21-17(14)10-16(15-5-6-15)11-18(21)25(26,27)28/h9-11,15H,5-8,12-13H2,1-4H3,(H,29,32). The lowest BCUT2D eigenvalue weighted by Gasteiger charge is -2.22. The van der Waals surface area contributed by atoms with Crippen molar-refractivity contribution in [3.05, 3.63) is 40.6 Å². The molecule has 1 aromatic heterocycles. The zero-order valence-corrected chi connectivity index (χ0v) is 19.4. The normalized spacial score (nSPS) is 17.7. The van der Waals surface area contributed by atoms with Gasteiger partial charge < -0.3 is 10.1 Å². The molecule has 2 aromatic rings. The monoisotopic (exact) mass is 462 g/mol. The van der Waals surface area contributed by atoms with Crippen molar-refractivity contribution in [2.45, 2.75) is 77.5 Å². The summed E-state index contributed by atoms with van der Waals surface area (Å²) in [6.07, 6.45) is -1.04. The molecule has 0 bridgehead atoms. The van der Waals surface area contributed by atoms with E-state index in [0.717, 1.165) is 25.7 Å². The molecule has 0 aliphatic heterocycles. The number of amides is 1. The zero-order chi connectivity index (χ0) is 24.2. The number of rotatable bonds is 6. The molecule has 4 rings (SSSR count). The molecule has 2 aliphatic carbocycles. The summed E-state index contributed by atoms with van der Waals surface area (Å²) in [6, 6.07) is 4.47. The molecule has 0 atom stereocenters. The summed E-state index contributed by atoms with van der Waals surface area (Å²) in [5, 5.41) is 3.19. The van der Waals surface area contributed by atoms with Crippen LogP contribution in [-0.2, 0) is 15.7 Å². The molecule has 2 fully saturated rings. The Morgan fingerprint density at radius 1 is 1.15 bits per heavy atom. The van der Waals surface area contributed by atoms with Gasteiger partial charge in [-0.15, -0.1) is 0 Å². The molecule has 1 amide bonds. The van der Waals surface area contributed by atoms with Crippen LogP contribution < -0.4 is 5.32 Å². The second kappa shape index (κ2) is 7.99. The number of pyridine rings is 1. The summed E-state index contributed by atoms with van der Waals surface area (Å²) < 4.78 is 46.8. The van der Waals surface area contributed by atoms with Gasteiger partial charge >= 0.3 is 12.1 Å². The van der Waals surface area contributed by atoms with E-state index in [1.807, 2.05) is 0 Å². The average molecular weight is 463 g/mol. The van der Waals surface area contributed by atoms with Gasteiger partial charge in [0.05, 0.1) is 17.5 Å². The number of aromatic nitrogens is 1. The third-order valence-electron chi connectivity index (χ3n) is 6.25. The van der Waals surface area contributed by atoms with Crippen molar-refractivity contribution in [1.29, 1.82) is 0 Å². The number of benzene rings is 1. The van der Waals surface area contributed by atoms with E-state index >= 15 is 0 Å². The van der Waals surface area contributed by atoms with E-state index in [2.05, 4.69) is 10.3 Å². The number of alkyl halides is 3. The SMILES string of the molecule is Cc1cc(C(=O)NCC2(CC(=O)OC(C)(C)C)CC2)nc2c(C(F)(F)F)cc(C3CC3)cc12. The molecule has 1 heterocycles. The second-order valence-corrected chi connectivity index (χ2v) is 10.5. The van der Waals surface area contributed by atoms with E-state index in [9.17, 15) is 22.8 Å². The van der Waals surface area contributed by atoms with E-state index in [0.29, 0.717) is 16.5 Å². The number of carbonyl (C=O) groups is 2. The number of halogens is 3. The summed E-state index contributed by atoms with van der Waals surface area (Å²) in [5.74, 6) is -0.706. The van der Waals surface area contributed by atoms with Crippen LogP contribution in [0.5, 0.6) is 0 Å². The Balaban J connectivity index is 1.54. The zero-order valence-electron chi connectivity index (χ0n) is 19.4. The molecule has 1 aromatic carbocycles. The fourth-order valence-electron chi connectivity index (χ4n) is 4.13. The molecule has 2 aliphatic rings. The van der Waals surface area contributed by atoms with Gasteiger partial charge in [0.25, 0.3) is 5.91 Å². The van der Waals surface area contributed by atoms with Gasteiger partial charge in [-0.2, -0.15) is 13.2 Å². The Bertz CT molecular complexity index is 1110. The van der Waals surface area contributed by atoms with Gasteiger partial charge in [-0.25, -0.2) is 4.98 Å². The first-order chi connectivity index (χ1) is 15.3. The highest BCUT2D eigenvalue weighted by Gasteiger charge is 2.45. The molecule has 8 heteroatoms. The maximum absolute atomic E-state index is 13.8. The smallest absolute Gasteiger partial charge is 0.418 e. The van der Waals surface area contributed by atoms with Gasteiger partial charge in [0.2, 0.25) is 0 Å². The van der Waals surface area contributed by atoms with Gasteiger partial charge in [-0.3, -0.25) is 9.59 Å². The highest BCUT2D eigenvalue weighted by Crippen LogP contribution is 2.49. The number of hydrogen-bond acceptors (Lipinski definition) is 4. The van der Waals surface area contributed by atoms with Crippen molar-refractivity contribution in [2.24, 2.45) is 5.41 Å². The van der Waals surface area contributed by atoms with Crippen LogP contribution in [-0.4, -0.2) is 29.0 Å². The van der Waals surface area contributed by atoms with Crippen LogP contribution in [0, 0.1) is 12.3 Å². The number of carbonyl (C=O) groups excluding carboxylic acids is 2. The number of fused-ring (bicyclic) bond motifs is 1. The number of nitrogens with one attached hydrogen (secondary N) is 1. The maximum atomic E-state index is 13.8. The fraction of sp³-hybridized carbons (Fsp3) is 0.560. The average Bonchev–Trinajstić information content (AvgIpc) is 3.59. The predicted molar refractivity (Wildman–Crippen MR) is 118 cm³/mol. The highest BCUT2D eigenvalue weighted by atomic mass is 19.4. The number of hydrogen-bond donors (Lipinski definition) is 1. The van der Waals surface area contributed by atoms with Crippen LogP contribution >= 0.6 is 0 Å². The van der Waals surface area contributed by atoms with Crippen molar-refractivity contribution in [2.75, 3.05) is 6.54 Å². The Kier molecular flexibility index (Phi) is 5.69. The maximum Gasteiger partial charge on any atom is 0.418 e. The van der Waals surface area contributed by atoms with Crippen LogP contribution in [0.2, 0.25) is 0 Å². The van der Waals surface area contributed by atoms with Crippen molar-refractivity contribution in [3.8, 4) is 0 Å².